The molecule has 0 aliphatic heterocycles. The molecule has 5 heteroatoms. The van der Waals surface area contributed by atoms with E-state index in [9.17, 15) is 4.39 Å². The highest BCUT2D eigenvalue weighted by molar-refractivity contribution is 9.10. The molecule has 15 heavy (non-hydrogen) atoms. The Morgan fingerprint density at radius 1 is 1.60 bits per heavy atom. The van der Waals surface area contributed by atoms with Crippen molar-refractivity contribution >= 4 is 15.9 Å². The quantitative estimate of drug-likeness (QED) is 0.899. The zero-order valence-electron chi connectivity index (χ0n) is 9.13. The third-order valence-corrected chi connectivity index (χ3v) is 3.12. The van der Waals surface area contributed by atoms with Gasteiger partial charge in [-0.25, -0.2) is 4.39 Å². The molecule has 86 valence electrons. The molecular weight excluding hydrogens is 261 g/mol. The fourth-order valence-electron chi connectivity index (χ4n) is 1.60. The molecule has 0 saturated carbocycles. The van der Waals surface area contributed by atoms with Crippen LogP contribution in [0.3, 0.4) is 0 Å². The molecule has 0 aliphatic rings. The van der Waals surface area contributed by atoms with E-state index >= 15 is 0 Å². The van der Waals surface area contributed by atoms with Crippen LogP contribution >= 0.6 is 15.9 Å². The first-order valence-electron chi connectivity index (χ1n) is 5.19. The summed E-state index contributed by atoms with van der Waals surface area (Å²) in [5.74, 6) is 0. The lowest BCUT2D eigenvalue weighted by Crippen LogP contribution is -2.32. The van der Waals surface area contributed by atoms with E-state index < -0.39 is 5.67 Å². The van der Waals surface area contributed by atoms with Gasteiger partial charge in [-0.15, -0.1) is 0 Å². The Morgan fingerprint density at radius 3 is 2.73 bits per heavy atom. The van der Waals surface area contributed by atoms with E-state index in [2.05, 4.69) is 21.0 Å². The molecule has 0 aliphatic carbocycles. The van der Waals surface area contributed by atoms with E-state index in [0.717, 1.165) is 6.42 Å². The molecule has 0 spiro atoms. The van der Waals surface area contributed by atoms with Crippen molar-refractivity contribution < 1.29 is 4.39 Å². The predicted molar refractivity (Wildman–Crippen MR) is 62.3 cm³/mol. The van der Waals surface area contributed by atoms with Crippen LogP contribution in [0.5, 0.6) is 0 Å². The summed E-state index contributed by atoms with van der Waals surface area (Å²) in [5, 5.41) is 4.14. The Balaban J connectivity index is 3.14. The lowest BCUT2D eigenvalue weighted by atomic mass is 9.99. The van der Waals surface area contributed by atoms with Gasteiger partial charge < -0.3 is 5.73 Å². The van der Waals surface area contributed by atoms with Gasteiger partial charge in [-0.1, -0.05) is 13.8 Å². The summed E-state index contributed by atoms with van der Waals surface area (Å²) in [5.41, 5.74) is 4.59. The third-order valence-electron chi connectivity index (χ3n) is 2.54. The molecule has 0 fully saturated rings. The standard InChI is InChI=1S/C10H17BrFN3/c1-3-5-15-9(8(11)6-14-15)10(12,4-2)7-13/h6H,3-5,7,13H2,1-2H3. The van der Waals surface area contributed by atoms with Crippen molar-refractivity contribution in [3.05, 3.63) is 16.4 Å². The van der Waals surface area contributed by atoms with Gasteiger partial charge in [0.15, 0.2) is 5.67 Å². The van der Waals surface area contributed by atoms with Crippen LogP contribution in [-0.4, -0.2) is 16.3 Å². The molecule has 1 heterocycles. The second-order valence-corrected chi connectivity index (χ2v) is 4.44. The highest BCUT2D eigenvalue weighted by atomic mass is 79.9. The van der Waals surface area contributed by atoms with Crippen LogP contribution in [0.2, 0.25) is 0 Å². The first-order valence-corrected chi connectivity index (χ1v) is 5.99. The number of aryl methyl sites for hydroxylation is 1. The summed E-state index contributed by atoms with van der Waals surface area (Å²) in [7, 11) is 0. The maximum absolute atomic E-state index is 14.4. The molecule has 0 amide bonds. The Bertz CT molecular complexity index is 320. The molecule has 0 bridgehead atoms. The van der Waals surface area contributed by atoms with Crippen molar-refractivity contribution in [2.75, 3.05) is 6.54 Å². The number of halogens is 2. The molecule has 1 atom stereocenters. The summed E-state index contributed by atoms with van der Waals surface area (Å²) in [6.45, 7) is 4.53. The number of aromatic nitrogens is 2. The Hall–Kier alpha value is -0.420. The molecule has 1 aromatic heterocycles. The molecule has 1 unspecified atom stereocenters. The minimum atomic E-state index is -1.48. The lowest BCUT2D eigenvalue weighted by molar-refractivity contribution is 0.152. The number of hydrogen-bond donors (Lipinski definition) is 1. The first kappa shape index (κ1) is 12.6. The van der Waals surface area contributed by atoms with Crippen LogP contribution in [0.15, 0.2) is 10.7 Å². The summed E-state index contributed by atoms with van der Waals surface area (Å²) in [4.78, 5) is 0. The van der Waals surface area contributed by atoms with Gasteiger partial charge in [-0.2, -0.15) is 5.10 Å². The van der Waals surface area contributed by atoms with Gasteiger partial charge in [0.05, 0.1) is 16.4 Å². The van der Waals surface area contributed by atoms with E-state index in [-0.39, 0.29) is 6.54 Å². The van der Waals surface area contributed by atoms with Gasteiger partial charge in [0.2, 0.25) is 0 Å². The van der Waals surface area contributed by atoms with Gasteiger partial charge in [-0.05, 0) is 28.8 Å². The number of alkyl halides is 1. The summed E-state index contributed by atoms with van der Waals surface area (Å²) in [6, 6.07) is 0. The van der Waals surface area contributed by atoms with E-state index in [4.69, 9.17) is 5.73 Å². The van der Waals surface area contributed by atoms with Crippen molar-refractivity contribution in [1.82, 2.24) is 9.78 Å². The Morgan fingerprint density at radius 2 is 2.27 bits per heavy atom. The van der Waals surface area contributed by atoms with Crippen LogP contribution in [0.1, 0.15) is 32.4 Å². The van der Waals surface area contributed by atoms with Crippen LogP contribution in [0, 0.1) is 0 Å². The SMILES string of the molecule is CCCn1ncc(Br)c1C(F)(CC)CN. The van der Waals surface area contributed by atoms with Crippen molar-refractivity contribution in [2.45, 2.75) is 38.9 Å². The minimum absolute atomic E-state index is 0.0164. The van der Waals surface area contributed by atoms with Crippen molar-refractivity contribution in [3.63, 3.8) is 0 Å². The van der Waals surface area contributed by atoms with E-state index in [0.29, 0.717) is 23.1 Å². The predicted octanol–water partition coefficient (Wildman–Crippen LogP) is 2.59. The average molecular weight is 278 g/mol. The van der Waals surface area contributed by atoms with Gasteiger partial charge >= 0.3 is 0 Å². The first-order chi connectivity index (χ1) is 7.09. The second-order valence-electron chi connectivity index (χ2n) is 3.59. The molecule has 2 N–H and O–H groups in total. The van der Waals surface area contributed by atoms with Gasteiger partial charge in [0.25, 0.3) is 0 Å². The van der Waals surface area contributed by atoms with Crippen LogP contribution in [0.25, 0.3) is 0 Å². The molecule has 0 aromatic carbocycles. The van der Waals surface area contributed by atoms with Gasteiger partial charge in [0.1, 0.15) is 0 Å². The van der Waals surface area contributed by atoms with Gasteiger partial charge in [-0.3, -0.25) is 4.68 Å². The van der Waals surface area contributed by atoms with E-state index in [1.807, 2.05) is 6.92 Å². The van der Waals surface area contributed by atoms with E-state index in [1.165, 1.54) is 0 Å². The zero-order valence-corrected chi connectivity index (χ0v) is 10.7. The maximum atomic E-state index is 14.4. The zero-order chi connectivity index (χ0) is 11.5. The molecular formula is C10H17BrFN3. The summed E-state index contributed by atoms with van der Waals surface area (Å²) in [6.07, 6.45) is 2.91. The highest BCUT2D eigenvalue weighted by Gasteiger charge is 2.34. The average Bonchev–Trinajstić information content (AvgIpc) is 2.60. The normalized spacial score (nSPS) is 15.3. The molecule has 1 aromatic rings. The fourth-order valence-corrected chi connectivity index (χ4v) is 2.25. The minimum Gasteiger partial charge on any atom is -0.327 e. The second kappa shape index (κ2) is 5.07. The molecule has 3 nitrogen and oxygen atoms in total. The van der Waals surface area contributed by atoms with Crippen LogP contribution in [0.4, 0.5) is 4.39 Å². The summed E-state index contributed by atoms with van der Waals surface area (Å²) >= 11 is 3.33. The fraction of sp³-hybridized carbons (Fsp3) is 0.700. The van der Waals surface area contributed by atoms with Crippen molar-refractivity contribution in [1.29, 1.82) is 0 Å². The largest absolute Gasteiger partial charge is 0.327 e. The number of nitrogens with zero attached hydrogens (tertiary/aromatic N) is 2. The summed E-state index contributed by atoms with van der Waals surface area (Å²) < 4.78 is 16.8. The molecule has 0 radical (unpaired) electrons. The third kappa shape index (κ3) is 2.39. The lowest BCUT2D eigenvalue weighted by Gasteiger charge is -2.23. The number of hydrogen-bond acceptors (Lipinski definition) is 2. The molecule has 0 saturated heterocycles. The van der Waals surface area contributed by atoms with Gasteiger partial charge in [0, 0.05) is 13.1 Å². The van der Waals surface area contributed by atoms with E-state index in [1.54, 1.807) is 17.8 Å². The van der Waals surface area contributed by atoms with Crippen LogP contribution in [-0.2, 0) is 12.2 Å². The van der Waals surface area contributed by atoms with Crippen LogP contribution < -0.4 is 5.73 Å². The number of nitrogens with two attached hydrogens (primary N) is 1. The molecule has 1 rings (SSSR count). The topological polar surface area (TPSA) is 43.8 Å². The smallest absolute Gasteiger partial charge is 0.165 e. The highest BCUT2D eigenvalue weighted by Crippen LogP contribution is 2.34. The number of rotatable bonds is 5. The Kier molecular flexibility index (Phi) is 4.28. The Labute approximate surface area is 98.0 Å². The monoisotopic (exact) mass is 277 g/mol. The van der Waals surface area contributed by atoms with Crippen molar-refractivity contribution in [2.24, 2.45) is 5.73 Å². The van der Waals surface area contributed by atoms with Crippen molar-refractivity contribution in [3.8, 4) is 0 Å². The maximum Gasteiger partial charge on any atom is 0.165 e.